The number of rotatable bonds is 4. The number of hydrogen-bond donors (Lipinski definition) is 1. The van der Waals surface area contributed by atoms with Gasteiger partial charge in [0.05, 0.1) is 6.42 Å². The summed E-state index contributed by atoms with van der Waals surface area (Å²) >= 11 is 0. The van der Waals surface area contributed by atoms with Gasteiger partial charge in [-0.25, -0.2) is 4.79 Å². The summed E-state index contributed by atoms with van der Waals surface area (Å²) in [6, 6.07) is -0.445. The fourth-order valence-electron chi connectivity index (χ4n) is 0.934. The van der Waals surface area contributed by atoms with Crippen LogP contribution in [-0.2, 0) is 0 Å². The first-order valence-corrected chi connectivity index (χ1v) is 4.50. The lowest BCUT2D eigenvalue weighted by atomic mass is 10.4. The lowest BCUT2D eigenvalue weighted by molar-refractivity contribution is -0.133. The fraction of sp³-hybridized carbons (Fsp3) is 0.875. The standard InChI is InChI=1S/C8H15F3N2O/c1-3-13(4-2)7(14)12-6-5-8(9,10)11/h3-6H2,1-2H3,(H,12,14). The summed E-state index contributed by atoms with van der Waals surface area (Å²) < 4.78 is 35.1. The van der Waals surface area contributed by atoms with Crippen molar-refractivity contribution in [3.63, 3.8) is 0 Å². The van der Waals surface area contributed by atoms with E-state index in [4.69, 9.17) is 0 Å². The SMILES string of the molecule is CCN(CC)C(=O)NCCC(F)(F)F. The smallest absolute Gasteiger partial charge is 0.338 e. The predicted molar refractivity (Wildman–Crippen MR) is 47.0 cm³/mol. The molecular formula is C8H15F3N2O. The number of carbonyl (C=O) groups is 1. The number of nitrogens with zero attached hydrogens (tertiary/aromatic N) is 1. The van der Waals surface area contributed by atoms with Gasteiger partial charge in [0.2, 0.25) is 0 Å². The molecule has 0 saturated heterocycles. The lowest BCUT2D eigenvalue weighted by Gasteiger charge is -2.19. The van der Waals surface area contributed by atoms with Crippen molar-refractivity contribution in [3.8, 4) is 0 Å². The summed E-state index contributed by atoms with van der Waals surface area (Å²) in [7, 11) is 0. The second kappa shape index (κ2) is 5.72. The Morgan fingerprint density at radius 3 is 2.14 bits per heavy atom. The Morgan fingerprint density at radius 1 is 1.29 bits per heavy atom. The van der Waals surface area contributed by atoms with E-state index < -0.39 is 18.6 Å². The molecule has 0 atom stereocenters. The number of amides is 2. The van der Waals surface area contributed by atoms with Crippen molar-refractivity contribution in [1.29, 1.82) is 0 Å². The summed E-state index contributed by atoms with van der Waals surface area (Å²) in [5.41, 5.74) is 0. The third-order valence-corrected chi connectivity index (χ3v) is 1.74. The van der Waals surface area contributed by atoms with Crippen LogP contribution in [0.5, 0.6) is 0 Å². The van der Waals surface area contributed by atoms with Gasteiger partial charge in [-0.2, -0.15) is 13.2 Å². The van der Waals surface area contributed by atoms with Crippen LogP contribution in [0.2, 0.25) is 0 Å². The Balaban J connectivity index is 3.74. The molecular weight excluding hydrogens is 197 g/mol. The van der Waals surface area contributed by atoms with E-state index in [1.165, 1.54) is 4.90 Å². The van der Waals surface area contributed by atoms with Gasteiger partial charge in [-0.05, 0) is 13.8 Å². The van der Waals surface area contributed by atoms with Crippen molar-refractivity contribution < 1.29 is 18.0 Å². The Morgan fingerprint density at radius 2 is 1.79 bits per heavy atom. The molecule has 0 spiro atoms. The van der Waals surface area contributed by atoms with Crippen molar-refractivity contribution in [2.45, 2.75) is 26.4 Å². The number of nitrogens with one attached hydrogen (secondary N) is 1. The average Bonchev–Trinajstić information content (AvgIpc) is 2.04. The van der Waals surface area contributed by atoms with E-state index in [1.54, 1.807) is 13.8 Å². The highest BCUT2D eigenvalue weighted by Crippen LogP contribution is 2.18. The minimum Gasteiger partial charge on any atom is -0.338 e. The zero-order valence-electron chi connectivity index (χ0n) is 8.32. The molecule has 0 aromatic rings. The van der Waals surface area contributed by atoms with Crippen LogP contribution in [0.15, 0.2) is 0 Å². The number of carbonyl (C=O) groups excluding carboxylic acids is 1. The Kier molecular flexibility index (Phi) is 5.34. The van der Waals surface area contributed by atoms with Gasteiger partial charge in [0.25, 0.3) is 0 Å². The van der Waals surface area contributed by atoms with Crippen molar-refractivity contribution >= 4 is 6.03 Å². The molecule has 14 heavy (non-hydrogen) atoms. The van der Waals surface area contributed by atoms with Gasteiger partial charge < -0.3 is 10.2 Å². The second-order valence-corrected chi connectivity index (χ2v) is 2.77. The van der Waals surface area contributed by atoms with E-state index in [-0.39, 0.29) is 6.54 Å². The van der Waals surface area contributed by atoms with E-state index >= 15 is 0 Å². The predicted octanol–water partition coefficient (Wildman–Crippen LogP) is 1.99. The zero-order valence-corrected chi connectivity index (χ0v) is 8.32. The zero-order chi connectivity index (χ0) is 11.2. The Hall–Kier alpha value is -0.940. The van der Waals surface area contributed by atoms with Crippen LogP contribution in [0.1, 0.15) is 20.3 Å². The van der Waals surface area contributed by atoms with E-state index in [2.05, 4.69) is 5.32 Å². The fourth-order valence-corrected chi connectivity index (χ4v) is 0.934. The maximum atomic E-state index is 11.7. The van der Waals surface area contributed by atoms with Crippen molar-refractivity contribution in [1.82, 2.24) is 10.2 Å². The number of halogens is 3. The first-order valence-electron chi connectivity index (χ1n) is 4.50. The van der Waals surface area contributed by atoms with Crippen LogP contribution >= 0.6 is 0 Å². The molecule has 0 aromatic carbocycles. The molecule has 6 heteroatoms. The quantitative estimate of drug-likeness (QED) is 0.759. The van der Waals surface area contributed by atoms with Gasteiger partial charge in [-0.15, -0.1) is 0 Å². The topological polar surface area (TPSA) is 32.3 Å². The molecule has 0 unspecified atom stereocenters. The van der Waals surface area contributed by atoms with Crippen LogP contribution in [-0.4, -0.2) is 36.7 Å². The van der Waals surface area contributed by atoms with Crippen LogP contribution in [0, 0.1) is 0 Å². The summed E-state index contributed by atoms with van der Waals surface area (Å²) in [6.45, 7) is 4.17. The minimum atomic E-state index is -4.21. The Bertz CT molecular complexity index is 178. The van der Waals surface area contributed by atoms with Crippen LogP contribution < -0.4 is 5.32 Å². The molecule has 0 saturated carbocycles. The van der Waals surface area contributed by atoms with E-state index in [1.807, 2.05) is 0 Å². The molecule has 3 nitrogen and oxygen atoms in total. The molecule has 0 heterocycles. The molecule has 0 rings (SSSR count). The highest BCUT2D eigenvalue weighted by Gasteiger charge is 2.26. The molecule has 0 radical (unpaired) electrons. The minimum absolute atomic E-state index is 0.362. The van der Waals surface area contributed by atoms with Crippen LogP contribution in [0.4, 0.5) is 18.0 Å². The largest absolute Gasteiger partial charge is 0.390 e. The molecule has 2 amide bonds. The molecule has 0 aliphatic carbocycles. The highest BCUT2D eigenvalue weighted by molar-refractivity contribution is 5.73. The van der Waals surface area contributed by atoms with Gasteiger partial charge >= 0.3 is 12.2 Å². The van der Waals surface area contributed by atoms with Gasteiger partial charge in [0.15, 0.2) is 0 Å². The number of urea groups is 1. The number of alkyl halides is 3. The normalized spacial score (nSPS) is 11.2. The molecule has 1 N–H and O–H groups in total. The summed E-state index contributed by atoms with van der Waals surface area (Å²) in [5.74, 6) is 0. The van der Waals surface area contributed by atoms with Gasteiger partial charge in [0.1, 0.15) is 0 Å². The summed E-state index contributed by atoms with van der Waals surface area (Å²) in [6.07, 6.45) is -5.20. The van der Waals surface area contributed by atoms with Gasteiger partial charge in [-0.1, -0.05) is 0 Å². The summed E-state index contributed by atoms with van der Waals surface area (Å²) in [4.78, 5) is 12.6. The van der Waals surface area contributed by atoms with Crippen molar-refractivity contribution in [3.05, 3.63) is 0 Å². The molecule has 84 valence electrons. The van der Waals surface area contributed by atoms with Gasteiger partial charge in [-0.3, -0.25) is 0 Å². The highest BCUT2D eigenvalue weighted by atomic mass is 19.4. The third kappa shape index (κ3) is 5.66. The maximum absolute atomic E-state index is 11.7. The van der Waals surface area contributed by atoms with E-state index in [9.17, 15) is 18.0 Å². The summed E-state index contributed by atoms with van der Waals surface area (Å²) in [5, 5.41) is 2.21. The first-order chi connectivity index (χ1) is 6.40. The first kappa shape index (κ1) is 13.1. The van der Waals surface area contributed by atoms with Crippen molar-refractivity contribution in [2.75, 3.05) is 19.6 Å². The average molecular weight is 212 g/mol. The monoisotopic (exact) mass is 212 g/mol. The van der Waals surface area contributed by atoms with Crippen LogP contribution in [0.3, 0.4) is 0 Å². The van der Waals surface area contributed by atoms with E-state index in [0.717, 1.165) is 0 Å². The number of hydrogen-bond acceptors (Lipinski definition) is 1. The molecule has 0 aliphatic heterocycles. The van der Waals surface area contributed by atoms with Crippen molar-refractivity contribution in [2.24, 2.45) is 0 Å². The third-order valence-electron chi connectivity index (χ3n) is 1.74. The maximum Gasteiger partial charge on any atom is 0.390 e. The molecule has 0 bridgehead atoms. The van der Waals surface area contributed by atoms with Gasteiger partial charge in [0, 0.05) is 19.6 Å². The molecule has 0 fully saturated rings. The van der Waals surface area contributed by atoms with Crippen LogP contribution in [0.25, 0.3) is 0 Å². The molecule has 0 aliphatic rings. The lowest BCUT2D eigenvalue weighted by Crippen LogP contribution is -2.40. The molecule has 0 aromatic heterocycles. The Labute approximate surface area is 81.3 Å². The van der Waals surface area contributed by atoms with E-state index in [0.29, 0.717) is 13.1 Å². The second-order valence-electron chi connectivity index (χ2n) is 2.77.